The molecular formula is C11H14N4S. The Kier molecular flexibility index (Phi) is 3.05. The van der Waals surface area contributed by atoms with Crippen molar-refractivity contribution < 1.29 is 0 Å². The molecule has 2 heterocycles. The zero-order chi connectivity index (χ0) is 11.5. The van der Waals surface area contributed by atoms with Gasteiger partial charge in [-0.3, -0.25) is 0 Å². The van der Waals surface area contributed by atoms with Crippen LogP contribution in [0.25, 0.3) is 0 Å². The van der Waals surface area contributed by atoms with Crippen LogP contribution >= 0.6 is 11.3 Å². The number of hydrogen-bond acceptors (Lipinski definition) is 5. The van der Waals surface area contributed by atoms with E-state index in [0.717, 1.165) is 5.82 Å². The summed E-state index contributed by atoms with van der Waals surface area (Å²) < 4.78 is 0. The van der Waals surface area contributed by atoms with Crippen LogP contribution in [0.15, 0.2) is 29.8 Å². The van der Waals surface area contributed by atoms with Gasteiger partial charge in [-0.25, -0.2) is 4.98 Å². The van der Waals surface area contributed by atoms with Gasteiger partial charge in [0.15, 0.2) is 0 Å². The Balaban J connectivity index is 2.22. The van der Waals surface area contributed by atoms with E-state index in [1.54, 1.807) is 17.5 Å². The van der Waals surface area contributed by atoms with Crippen LogP contribution in [0.1, 0.15) is 17.8 Å². The Morgan fingerprint density at radius 2 is 2.25 bits per heavy atom. The third-order valence-corrected chi connectivity index (χ3v) is 3.60. The molecule has 0 spiro atoms. The molecular weight excluding hydrogens is 220 g/mol. The SMILES string of the molecule is CC(c1cccs1)N(C)c1ccnc(N)n1. The van der Waals surface area contributed by atoms with Gasteiger partial charge >= 0.3 is 0 Å². The van der Waals surface area contributed by atoms with Crippen LogP contribution < -0.4 is 10.6 Å². The fraction of sp³-hybridized carbons (Fsp3) is 0.273. The van der Waals surface area contributed by atoms with Crippen molar-refractivity contribution >= 4 is 23.1 Å². The highest BCUT2D eigenvalue weighted by molar-refractivity contribution is 7.10. The van der Waals surface area contributed by atoms with Crippen LogP contribution in [0.3, 0.4) is 0 Å². The van der Waals surface area contributed by atoms with Crippen LogP contribution in [0, 0.1) is 0 Å². The molecule has 0 aliphatic heterocycles. The van der Waals surface area contributed by atoms with E-state index >= 15 is 0 Å². The molecule has 0 aliphatic rings. The molecule has 0 saturated heterocycles. The Morgan fingerprint density at radius 3 is 2.88 bits per heavy atom. The van der Waals surface area contributed by atoms with Crippen molar-refractivity contribution in [3.63, 3.8) is 0 Å². The average molecular weight is 234 g/mol. The molecule has 84 valence electrons. The topological polar surface area (TPSA) is 55.0 Å². The van der Waals surface area contributed by atoms with Gasteiger partial charge in [-0.15, -0.1) is 11.3 Å². The monoisotopic (exact) mass is 234 g/mol. The lowest BCUT2D eigenvalue weighted by Crippen LogP contribution is -2.22. The molecule has 0 saturated carbocycles. The van der Waals surface area contributed by atoms with Gasteiger partial charge < -0.3 is 10.6 Å². The van der Waals surface area contributed by atoms with Crippen molar-refractivity contribution in [1.29, 1.82) is 0 Å². The molecule has 4 nitrogen and oxygen atoms in total. The van der Waals surface area contributed by atoms with Gasteiger partial charge in [0.25, 0.3) is 0 Å². The summed E-state index contributed by atoms with van der Waals surface area (Å²) in [5, 5.41) is 2.08. The van der Waals surface area contributed by atoms with Crippen LogP contribution in [0.4, 0.5) is 11.8 Å². The molecule has 2 N–H and O–H groups in total. The molecule has 2 aromatic rings. The van der Waals surface area contributed by atoms with E-state index in [9.17, 15) is 0 Å². The largest absolute Gasteiger partial charge is 0.368 e. The van der Waals surface area contributed by atoms with E-state index in [2.05, 4.69) is 39.3 Å². The minimum absolute atomic E-state index is 0.286. The first-order chi connectivity index (χ1) is 7.68. The van der Waals surface area contributed by atoms with Crippen molar-refractivity contribution in [2.24, 2.45) is 0 Å². The summed E-state index contributed by atoms with van der Waals surface area (Å²) in [4.78, 5) is 11.5. The fourth-order valence-electron chi connectivity index (χ4n) is 1.48. The van der Waals surface area contributed by atoms with Gasteiger partial charge in [-0.1, -0.05) is 6.07 Å². The van der Waals surface area contributed by atoms with Gasteiger partial charge in [-0.05, 0) is 24.4 Å². The van der Waals surface area contributed by atoms with Gasteiger partial charge in [0.2, 0.25) is 5.95 Å². The Labute approximate surface area is 98.8 Å². The van der Waals surface area contributed by atoms with E-state index in [4.69, 9.17) is 5.73 Å². The van der Waals surface area contributed by atoms with Gasteiger partial charge in [-0.2, -0.15) is 4.98 Å². The lowest BCUT2D eigenvalue weighted by molar-refractivity contribution is 0.741. The highest BCUT2D eigenvalue weighted by atomic mass is 32.1. The minimum Gasteiger partial charge on any atom is -0.368 e. The first kappa shape index (κ1) is 10.9. The maximum absolute atomic E-state index is 5.57. The van der Waals surface area contributed by atoms with E-state index in [0.29, 0.717) is 5.95 Å². The van der Waals surface area contributed by atoms with Crippen molar-refractivity contribution in [3.05, 3.63) is 34.7 Å². The molecule has 1 atom stereocenters. The normalized spacial score (nSPS) is 12.4. The number of hydrogen-bond donors (Lipinski definition) is 1. The van der Waals surface area contributed by atoms with Crippen molar-refractivity contribution in [2.75, 3.05) is 17.7 Å². The van der Waals surface area contributed by atoms with E-state index in [1.165, 1.54) is 4.88 Å². The maximum atomic E-state index is 5.57. The third-order valence-electron chi connectivity index (χ3n) is 2.56. The van der Waals surface area contributed by atoms with E-state index in [1.807, 2.05) is 13.1 Å². The Morgan fingerprint density at radius 1 is 1.44 bits per heavy atom. The number of aromatic nitrogens is 2. The van der Waals surface area contributed by atoms with E-state index in [-0.39, 0.29) is 6.04 Å². The molecule has 0 aliphatic carbocycles. The minimum atomic E-state index is 0.286. The zero-order valence-corrected chi connectivity index (χ0v) is 10.1. The smallest absolute Gasteiger partial charge is 0.221 e. The van der Waals surface area contributed by atoms with Crippen molar-refractivity contribution in [3.8, 4) is 0 Å². The quantitative estimate of drug-likeness (QED) is 0.885. The summed E-state index contributed by atoms with van der Waals surface area (Å²) in [5.41, 5.74) is 5.57. The highest BCUT2D eigenvalue weighted by Gasteiger charge is 2.14. The molecule has 2 aromatic heterocycles. The number of anilines is 2. The molecule has 0 bridgehead atoms. The average Bonchev–Trinajstić information content (AvgIpc) is 2.80. The van der Waals surface area contributed by atoms with Gasteiger partial charge in [0.05, 0.1) is 6.04 Å². The van der Waals surface area contributed by atoms with Crippen LogP contribution in [-0.4, -0.2) is 17.0 Å². The predicted molar refractivity (Wildman–Crippen MR) is 67.6 cm³/mol. The first-order valence-corrected chi connectivity index (χ1v) is 5.91. The lowest BCUT2D eigenvalue weighted by atomic mass is 10.2. The van der Waals surface area contributed by atoms with Crippen LogP contribution in [0.5, 0.6) is 0 Å². The zero-order valence-electron chi connectivity index (χ0n) is 9.29. The van der Waals surface area contributed by atoms with Gasteiger partial charge in [0.1, 0.15) is 5.82 Å². The standard InChI is InChI=1S/C11H14N4S/c1-8(9-4-3-7-16-9)15(2)10-5-6-13-11(12)14-10/h3-8H,1-2H3,(H2,12,13,14). The summed E-state index contributed by atoms with van der Waals surface area (Å²) in [7, 11) is 2.01. The maximum Gasteiger partial charge on any atom is 0.221 e. The Hall–Kier alpha value is -1.62. The number of nitrogen functional groups attached to an aromatic ring is 1. The van der Waals surface area contributed by atoms with E-state index < -0.39 is 0 Å². The molecule has 0 fully saturated rings. The number of nitrogens with zero attached hydrogens (tertiary/aromatic N) is 3. The lowest BCUT2D eigenvalue weighted by Gasteiger charge is -2.24. The number of thiophene rings is 1. The van der Waals surface area contributed by atoms with Crippen LogP contribution in [-0.2, 0) is 0 Å². The second-order valence-corrected chi connectivity index (χ2v) is 4.55. The second-order valence-electron chi connectivity index (χ2n) is 3.58. The molecule has 0 amide bonds. The van der Waals surface area contributed by atoms with Crippen LogP contribution in [0.2, 0.25) is 0 Å². The molecule has 0 aromatic carbocycles. The van der Waals surface area contributed by atoms with Crippen molar-refractivity contribution in [1.82, 2.24) is 9.97 Å². The molecule has 16 heavy (non-hydrogen) atoms. The number of rotatable bonds is 3. The summed E-state index contributed by atoms with van der Waals surface area (Å²) in [6, 6.07) is 6.32. The Bertz CT molecular complexity index is 455. The second kappa shape index (κ2) is 4.49. The molecule has 0 radical (unpaired) electrons. The first-order valence-electron chi connectivity index (χ1n) is 5.03. The third kappa shape index (κ3) is 2.14. The highest BCUT2D eigenvalue weighted by Crippen LogP contribution is 2.26. The molecule has 2 rings (SSSR count). The summed E-state index contributed by atoms with van der Waals surface area (Å²) in [6.07, 6.45) is 1.68. The van der Waals surface area contributed by atoms with Gasteiger partial charge in [0, 0.05) is 18.1 Å². The summed E-state index contributed by atoms with van der Waals surface area (Å²) in [5.74, 6) is 1.15. The summed E-state index contributed by atoms with van der Waals surface area (Å²) in [6.45, 7) is 2.14. The van der Waals surface area contributed by atoms with Crippen molar-refractivity contribution in [2.45, 2.75) is 13.0 Å². The number of nitrogens with two attached hydrogens (primary N) is 1. The molecule has 1 unspecified atom stereocenters. The fourth-order valence-corrected chi connectivity index (χ4v) is 2.30. The predicted octanol–water partition coefficient (Wildman–Crippen LogP) is 2.32. The summed E-state index contributed by atoms with van der Waals surface area (Å²) >= 11 is 1.74. The molecule has 5 heteroatoms.